The monoisotopic (exact) mass is 234 g/mol. The van der Waals surface area contributed by atoms with Crippen LogP contribution in [-0.2, 0) is 4.79 Å². The predicted molar refractivity (Wildman–Crippen MR) is 63.0 cm³/mol. The summed E-state index contributed by atoms with van der Waals surface area (Å²) in [6, 6.07) is 9.10. The lowest BCUT2D eigenvalue weighted by molar-refractivity contribution is -0.127. The molecule has 17 heavy (non-hydrogen) atoms. The molecule has 1 nitrogen and oxygen atoms in total. The number of benzene rings is 1. The number of ketones is 1. The van der Waals surface area contributed by atoms with Crippen molar-refractivity contribution in [1.29, 1.82) is 0 Å². The maximum atomic E-state index is 13.9. The van der Waals surface area contributed by atoms with Crippen molar-refractivity contribution < 1.29 is 13.6 Å². The van der Waals surface area contributed by atoms with Gasteiger partial charge in [-0.3, -0.25) is 4.79 Å². The Labute approximate surface area is 98.5 Å². The van der Waals surface area contributed by atoms with Crippen molar-refractivity contribution >= 4 is 11.4 Å². The minimum Gasteiger partial charge on any atom is -0.296 e. The second kappa shape index (κ2) is 4.24. The molecule has 0 aromatic heterocycles. The van der Waals surface area contributed by atoms with Gasteiger partial charge in [0.05, 0.1) is 0 Å². The van der Waals surface area contributed by atoms with Gasteiger partial charge >= 0.3 is 0 Å². The summed E-state index contributed by atoms with van der Waals surface area (Å²) in [5.74, 6) is -0.815. The molecule has 0 spiro atoms. The largest absolute Gasteiger partial charge is 0.296 e. The first kappa shape index (κ1) is 11.7. The van der Waals surface area contributed by atoms with Gasteiger partial charge in [-0.15, -0.1) is 0 Å². The fraction of sp³-hybridized carbons (Fsp3) is 0.214. The first-order chi connectivity index (χ1) is 8.04. The highest BCUT2D eigenvalue weighted by Crippen LogP contribution is 2.32. The van der Waals surface area contributed by atoms with Gasteiger partial charge in [-0.25, -0.2) is 8.78 Å². The molecular weight excluding hydrogens is 222 g/mol. The Morgan fingerprint density at radius 3 is 2.47 bits per heavy atom. The third-order valence-electron chi connectivity index (χ3n) is 2.88. The minimum atomic E-state index is -2.52. The Morgan fingerprint density at radius 1 is 1.29 bits per heavy atom. The second-order valence-corrected chi connectivity index (χ2v) is 4.05. The van der Waals surface area contributed by atoms with Crippen molar-refractivity contribution in [2.45, 2.75) is 18.8 Å². The SMILES string of the molecule is CC(=O)C1(F)C=CC(c2ccccc2)=CC1F. The molecule has 0 saturated carbocycles. The summed E-state index contributed by atoms with van der Waals surface area (Å²) >= 11 is 0. The summed E-state index contributed by atoms with van der Waals surface area (Å²) in [5, 5.41) is 0. The van der Waals surface area contributed by atoms with Crippen LogP contribution >= 0.6 is 0 Å². The van der Waals surface area contributed by atoms with Crippen LogP contribution in [0.2, 0.25) is 0 Å². The maximum Gasteiger partial charge on any atom is 0.221 e. The van der Waals surface area contributed by atoms with E-state index >= 15 is 0 Å². The molecule has 2 atom stereocenters. The summed E-state index contributed by atoms with van der Waals surface area (Å²) in [5.41, 5.74) is -1.12. The van der Waals surface area contributed by atoms with E-state index in [1.807, 2.05) is 30.3 Å². The van der Waals surface area contributed by atoms with Crippen LogP contribution in [0.5, 0.6) is 0 Å². The lowest BCUT2D eigenvalue weighted by atomic mass is 9.87. The molecule has 88 valence electrons. The van der Waals surface area contributed by atoms with E-state index in [4.69, 9.17) is 0 Å². The first-order valence-corrected chi connectivity index (χ1v) is 5.34. The Kier molecular flexibility index (Phi) is 2.92. The van der Waals surface area contributed by atoms with Crippen molar-refractivity contribution in [2.75, 3.05) is 0 Å². The van der Waals surface area contributed by atoms with Gasteiger partial charge < -0.3 is 0 Å². The number of alkyl halides is 2. The Morgan fingerprint density at radius 2 is 1.94 bits per heavy atom. The fourth-order valence-electron chi connectivity index (χ4n) is 1.77. The number of carbonyl (C=O) groups excluding carboxylic acids is 1. The number of rotatable bonds is 2. The molecule has 0 bridgehead atoms. The summed E-state index contributed by atoms with van der Waals surface area (Å²) in [7, 11) is 0. The zero-order valence-electron chi connectivity index (χ0n) is 9.36. The van der Waals surface area contributed by atoms with E-state index in [-0.39, 0.29) is 0 Å². The quantitative estimate of drug-likeness (QED) is 0.767. The molecule has 1 aliphatic rings. The molecule has 1 aromatic rings. The second-order valence-electron chi connectivity index (χ2n) is 4.05. The number of hydrogen-bond acceptors (Lipinski definition) is 1. The third-order valence-corrected chi connectivity index (χ3v) is 2.88. The van der Waals surface area contributed by atoms with Gasteiger partial charge in [-0.05, 0) is 30.2 Å². The van der Waals surface area contributed by atoms with Gasteiger partial charge in [0.1, 0.15) is 0 Å². The molecule has 0 aliphatic heterocycles. The lowest BCUT2D eigenvalue weighted by Crippen LogP contribution is -2.40. The highest BCUT2D eigenvalue weighted by molar-refractivity contribution is 5.91. The molecule has 3 heteroatoms. The molecule has 0 N–H and O–H groups in total. The van der Waals surface area contributed by atoms with Crippen LogP contribution in [-0.4, -0.2) is 17.6 Å². The fourth-order valence-corrected chi connectivity index (χ4v) is 1.77. The van der Waals surface area contributed by atoms with Crippen LogP contribution < -0.4 is 0 Å². The molecule has 0 radical (unpaired) electrons. The van der Waals surface area contributed by atoms with Crippen LogP contribution in [0.1, 0.15) is 12.5 Å². The predicted octanol–water partition coefficient (Wildman–Crippen LogP) is 3.28. The van der Waals surface area contributed by atoms with Gasteiger partial charge in [0.15, 0.2) is 12.0 Å². The number of Topliss-reactive ketones (excluding diaryl/α,β-unsaturated/α-hetero) is 1. The van der Waals surface area contributed by atoms with Crippen LogP contribution in [0, 0.1) is 0 Å². The molecule has 0 fully saturated rings. The average Bonchev–Trinajstić information content (AvgIpc) is 2.33. The minimum absolute atomic E-state index is 0.590. The van der Waals surface area contributed by atoms with Crippen LogP contribution in [0.25, 0.3) is 5.57 Å². The summed E-state index contributed by atoms with van der Waals surface area (Å²) < 4.78 is 27.6. The zero-order chi connectivity index (χ0) is 12.5. The van der Waals surface area contributed by atoms with Crippen LogP contribution in [0.4, 0.5) is 8.78 Å². The molecule has 0 heterocycles. The number of allylic oxidation sites excluding steroid dienone is 4. The normalized spacial score (nSPS) is 27.7. The maximum absolute atomic E-state index is 13.9. The Bertz CT molecular complexity index is 490. The lowest BCUT2D eigenvalue weighted by Gasteiger charge is -2.24. The van der Waals surface area contributed by atoms with E-state index in [1.54, 1.807) is 0 Å². The van der Waals surface area contributed by atoms with Crippen molar-refractivity contribution in [3.63, 3.8) is 0 Å². The summed E-state index contributed by atoms with van der Waals surface area (Å²) in [6.45, 7) is 1.05. The van der Waals surface area contributed by atoms with Gasteiger partial charge in [0.25, 0.3) is 0 Å². The van der Waals surface area contributed by atoms with E-state index in [0.29, 0.717) is 5.57 Å². The van der Waals surface area contributed by atoms with Crippen molar-refractivity contribution in [3.05, 3.63) is 54.1 Å². The van der Waals surface area contributed by atoms with E-state index in [0.717, 1.165) is 24.6 Å². The number of halogens is 2. The van der Waals surface area contributed by atoms with Crippen LogP contribution in [0.15, 0.2) is 48.6 Å². The van der Waals surface area contributed by atoms with Gasteiger partial charge in [-0.2, -0.15) is 0 Å². The topological polar surface area (TPSA) is 17.1 Å². The smallest absolute Gasteiger partial charge is 0.221 e. The zero-order valence-corrected chi connectivity index (χ0v) is 9.36. The van der Waals surface area contributed by atoms with E-state index < -0.39 is 17.6 Å². The van der Waals surface area contributed by atoms with Crippen molar-refractivity contribution in [3.8, 4) is 0 Å². The molecule has 2 rings (SSSR count). The van der Waals surface area contributed by atoms with Gasteiger partial charge in [0.2, 0.25) is 5.67 Å². The standard InChI is InChI=1S/C14H12F2O/c1-10(17)14(16)8-7-12(9-13(14)15)11-5-3-2-4-6-11/h2-9,13H,1H3. The highest BCUT2D eigenvalue weighted by Gasteiger charge is 2.42. The molecule has 1 aliphatic carbocycles. The number of carbonyl (C=O) groups is 1. The molecule has 1 aromatic carbocycles. The average molecular weight is 234 g/mol. The molecule has 2 unspecified atom stereocenters. The Balaban J connectivity index is 2.34. The van der Waals surface area contributed by atoms with E-state index in [1.165, 1.54) is 6.08 Å². The summed E-state index contributed by atoms with van der Waals surface area (Å²) in [6.07, 6.45) is 1.67. The molecule has 0 saturated heterocycles. The third kappa shape index (κ3) is 2.05. The molecular formula is C14H12F2O. The molecule has 0 amide bonds. The van der Waals surface area contributed by atoms with Crippen molar-refractivity contribution in [1.82, 2.24) is 0 Å². The van der Waals surface area contributed by atoms with Crippen LogP contribution in [0.3, 0.4) is 0 Å². The van der Waals surface area contributed by atoms with Gasteiger partial charge in [0, 0.05) is 0 Å². The van der Waals surface area contributed by atoms with E-state index in [2.05, 4.69) is 0 Å². The first-order valence-electron chi connectivity index (χ1n) is 5.34. The Hall–Kier alpha value is -1.77. The van der Waals surface area contributed by atoms with Gasteiger partial charge in [-0.1, -0.05) is 36.4 Å². The summed E-state index contributed by atoms with van der Waals surface area (Å²) in [4.78, 5) is 11.1. The van der Waals surface area contributed by atoms with Crippen molar-refractivity contribution in [2.24, 2.45) is 0 Å². The number of hydrogen-bond donors (Lipinski definition) is 0. The van der Waals surface area contributed by atoms with E-state index in [9.17, 15) is 13.6 Å². The highest BCUT2D eigenvalue weighted by atomic mass is 19.2.